The second-order valence-electron chi connectivity index (χ2n) is 3.45. The molecule has 1 aromatic rings. The SMILES string of the molecule is c1c[nH]c(CN2CCCCNC2)n1. The molecule has 0 radical (unpaired) electrons. The highest BCUT2D eigenvalue weighted by atomic mass is 15.2. The Bertz CT molecular complexity index is 224. The van der Waals surface area contributed by atoms with Gasteiger partial charge >= 0.3 is 0 Å². The van der Waals surface area contributed by atoms with Gasteiger partial charge in [-0.15, -0.1) is 0 Å². The molecule has 2 N–H and O–H groups in total. The predicted molar refractivity (Wildman–Crippen MR) is 51.1 cm³/mol. The number of aromatic amines is 1. The zero-order valence-electron chi connectivity index (χ0n) is 7.79. The van der Waals surface area contributed by atoms with Crippen LogP contribution in [0.15, 0.2) is 12.4 Å². The molecule has 0 aromatic carbocycles. The average molecular weight is 180 g/mol. The van der Waals surface area contributed by atoms with Crippen molar-refractivity contribution in [2.45, 2.75) is 19.4 Å². The Kier molecular flexibility index (Phi) is 2.94. The van der Waals surface area contributed by atoms with Gasteiger partial charge in [0.25, 0.3) is 0 Å². The number of nitrogens with one attached hydrogen (secondary N) is 2. The number of rotatable bonds is 2. The van der Waals surface area contributed by atoms with E-state index in [1.807, 2.05) is 6.20 Å². The summed E-state index contributed by atoms with van der Waals surface area (Å²) in [6.45, 7) is 4.24. The molecule has 2 heterocycles. The minimum absolute atomic E-state index is 0.931. The third-order valence-electron chi connectivity index (χ3n) is 2.34. The molecule has 0 atom stereocenters. The Hall–Kier alpha value is -0.870. The minimum atomic E-state index is 0.931. The van der Waals surface area contributed by atoms with Crippen LogP contribution in [0.3, 0.4) is 0 Å². The maximum atomic E-state index is 4.22. The van der Waals surface area contributed by atoms with E-state index in [4.69, 9.17) is 0 Å². The number of nitrogens with zero attached hydrogens (tertiary/aromatic N) is 2. The van der Waals surface area contributed by atoms with Crippen LogP contribution in [0.1, 0.15) is 18.7 Å². The molecular formula is C9H16N4. The van der Waals surface area contributed by atoms with E-state index in [1.54, 1.807) is 6.20 Å². The summed E-state index contributed by atoms with van der Waals surface area (Å²) in [5, 5.41) is 3.39. The van der Waals surface area contributed by atoms with Gasteiger partial charge in [-0.05, 0) is 25.9 Å². The van der Waals surface area contributed by atoms with Gasteiger partial charge in [0.15, 0.2) is 0 Å². The normalized spacial score (nSPS) is 20.0. The molecule has 1 saturated heterocycles. The van der Waals surface area contributed by atoms with Crippen molar-refractivity contribution >= 4 is 0 Å². The molecule has 1 aliphatic heterocycles. The molecule has 1 fully saturated rings. The van der Waals surface area contributed by atoms with Crippen molar-refractivity contribution in [3.05, 3.63) is 18.2 Å². The van der Waals surface area contributed by atoms with Crippen LogP contribution in [0.25, 0.3) is 0 Å². The standard InChI is InChI=1S/C9H16N4/c1-2-6-13(8-10-3-1)7-9-11-4-5-12-9/h4-5,10H,1-3,6-8H2,(H,11,12). The molecule has 13 heavy (non-hydrogen) atoms. The lowest BCUT2D eigenvalue weighted by Gasteiger charge is -2.17. The lowest BCUT2D eigenvalue weighted by atomic mass is 10.3. The molecule has 1 aliphatic rings. The molecule has 0 bridgehead atoms. The van der Waals surface area contributed by atoms with E-state index < -0.39 is 0 Å². The summed E-state index contributed by atoms with van der Waals surface area (Å²) in [7, 11) is 0. The second kappa shape index (κ2) is 4.39. The lowest BCUT2D eigenvalue weighted by Crippen LogP contribution is -2.32. The first kappa shape index (κ1) is 8.72. The molecule has 2 rings (SSSR count). The number of imidazole rings is 1. The Morgan fingerprint density at radius 3 is 3.31 bits per heavy atom. The van der Waals surface area contributed by atoms with Crippen molar-refractivity contribution < 1.29 is 0 Å². The molecule has 72 valence electrons. The van der Waals surface area contributed by atoms with Crippen LogP contribution in [0.5, 0.6) is 0 Å². The van der Waals surface area contributed by atoms with Crippen molar-refractivity contribution in [3.63, 3.8) is 0 Å². The van der Waals surface area contributed by atoms with Crippen molar-refractivity contribution in [2.24, 2.45) is 0 Å². The Labute approximate surface area is 78.4 Å². The summed E-state index contributed by atoms with van der Waals surface area (Å²) in [6.07, 6.45) is 6.25. The summed E-state index contributed by atoms with van der Waals surface area (Å²) in [5.41, 5.74) is 0. The number of H-pyrrole nitrogens is 1. The highest BCUT2D eigenvalue weighted by molar-refractivity contribution is 4.86. The van der Waals surface area contributed by atoms with E-state index >= 15 is 0 Å². The molecule has 0 saturated carbocycles. The Morgan fingerprint density at radius 2 is 2.46 bits per heavy atom. The van der Waals surface area contributed by atoms with Gasteiger partial charge in [-0.1, -0.05) is 0 Å². The molecule has 1 aromatic heterocycles. The van der Waals surface area contributed by atoms with E-state index in [-0.39, 0.29) is 0 Å². The minimum Gasteiger partial charge on any atom is -0.348 e. The summed E-state index contributed by atoms with van der Waals surface area (Å²) >= 11 is 0. The number of aromatic nitrogens is 2. The Balaban J connectivity index is 1.86. The van der Waals surface area contributed by atoms with Gasteiger partial charge in [0.05, 0.1) is 6.54 Å². The molecule has 0 amide bonds. The van der Waals surface area contributed by atoms with Crippen LogP contribution < -0.4 is 5.32 Å². The van der Waals surface area contributed by atoms with E-state index in [2.05, 4.69) is 20.2 Å². The second-order valence-corrected chi connectivity index (χ2v) is 3.45. The predicted octanol–water partition coefficient (Wildman–Crippen LogP) is 0.553. The maximum Gasteiger partial charge on any atom is 0.120 e. The van der Waals surface area contributed by atoms with E-state index in [1.165, 1.54) is 19.4 Å². The maximum absolute atomic E-state index is 4.22. The fraction of sp³-hybridized carbons (Fsp3) is 0.667. The van der Waals surface area contributed by atoms with Crippen molar-refractivity contribution in [3.8, 4) is 0 Å². The van der Waals surface area contributed by atoms with Crippen LogP contribution in [-0.2, 0) is 6.54 Å². The van der Waals surface area contributed by atoms with Crippen LogP contribution >= 0.6 is 0 Å². The smallest absolute Gasteiger partial charge is 0.120 e. The third kappa shape index (κ3) is 2.54. The van der Waals surface area contributed by atoms with Crippen LogP contribution in [0, 0.1) is 0 Å². The zero-order chi connectivity index (χ0) is 8.93. The van der Waals surface area contributed by atoms with E-state index in [0.717, 1.165) is 25.6 Å². The van der Waals surface area contributed by atoms with Crippen molar-refractivity contribution in [1.29, 1.82) is 0 Å². The van der Waals surface area contributed by atoms with Gasteiger partial charge < -0.3 is 10.3 Å². The molecular weight excluding hydrogens is 164 g/mol. The first-order valence-electron chi connectivity index (χ1n) is 4.86. The quantitative estimate of drug-likeness (QED) is 0.698. The molecule has 0 spiro atoms. The van der Waals surface area contributed by atoms with E-state index in [0.29, 0.717) is 0 Å². The monoisotopic (exact) mass is 180 g/mol. The largest absolute Gasteiger partial charge is 0.348 e. The first-order chi connectivity index (χ1) is 6.45. The van der Waals surface area contributed by atoms with Gasteiger partial charge in [0.2, 0.25) is 0 Å². The highest BCUT2D eigenvalue weighted by Crippen LogP contribution is 2.02. The van der Waals surface area contributed by atoms with Gasteiger partial charge in [0, 0.05) is 19.1 Å². The lowest BCUT2D eigenvalue weighted by molar-refractivity contribution is 0.258. The molecule has 4 heteroatoms. The van der Waals surface area contributed by atoms with Crippen LogP contribution in [-0.4, -0.2) is 34.6 Å². The fourth-order valence-electron chi connectivity index (χ4n) is 1.63. The fourth-order valence-corrected chi connectivity index (χ4v) is 1.63. The topological polar surface area (TPSA) is 44.0 Å². The Morgan fingerprint density at radius 1 is 1.46 bits per heavy atom. The van der Waals surface area contributed by atoms with Crippen LogP contribution in [0.4, 0.5) is 0 Å². The van der Waals surface area contributed by atoms with Gasteiger partial charge in [0.1, 0.15) is 5.82 Å². The summed E-state index contributed by atoms with van der Waals surface area (Å²) in [6, 6.07) is 0. The molecule has 4 nitrogen and oxygen atoms in total. The first-order valence-corrected chi connectivity index (χ1v) is 4.86. The van der Waals surface area contributed by atoms with Gasteiger partial charge in [-0.2, -0.15) is 0 Å². The van der Waals surface area contributed by atoms with Crippen LogP contribution in [0.2, 0.25) is 0 Å². The third-order valence-corrected chi connectivity index (χ3v) is 2.34. The number of hydrogen-bond acceptors (Lipinski definition) is 3. The zero-order valence-corrected chi connectivity index (χ0v) is 7.79. The molecule has 0 aliphatic carbocycles. The summed E-state index contributed by atoms with van der Waals surface area (Å²) in [4.78, 5) is 9.72. The average Bonchev–Trinajstić information content (AvgIpc) is 2.49. The van der Waals surface area contributed by atoms with E-state index in [9.17, 15) is 0 Å². The summed E-state index contributed by atoms with van der Waals surface area (Å²) in [5.74, 6) is 1.06. The summed E-state index contributed by atoms with van der Waals surface area (Å²) < 4.78 is 0. The number of hydrogen-bond donors (Lipinski definition) is 2. The van der Waals surface area contributed by atoms with Crippen molar-refractivity contribution in [2.75, 3.05) is 19.8 Å². The van der Waals surface area contributed by atoms with Gasteiger partial charge in [-0.3, -0.25) is 4.90 Å². The molecule has 0 unspecified atom stereocenters. The highest BCUT2D eigenvalue weighted by Gasteiger charge is 2.09. The van der Waals surface area contributed by atoms with Crippen molar-refractivity contribution in [1.82, 2.24) is 20.2 Å². The van der Waals surface area contributed by atoms with Gasteiger partial charge in [-0.25, -0.2) is 4.98 Å².